The molecule has 0 fully saturated rings. The summed E-state index contributed by atoms with van der Waals surface area (Å²) in [7, 11) is 1.27. The number of carboxylic acid groups (broad SMARTS) is 1. The molecule has 0 saturated heterocycles. The van der Waals surface area contributed by atoms with E-state index in [9.17, 15) is 32.7 Å². The number of nitrogens with one attached hydrogen (secondary N) is 1. The van der Waals surface area contributed by atoms with Gasteiger partial charge in [0.25, 0.3) is 5.91 Å². The second kappa shape index (κ2) is 8.86. The lowest BCUT2D eigenvalue weighted by Crippen LogP contribution is -2.50. The first-order chi connectivity index (χ1) is 18.3. The third-order valence-corrected chi connectivity index (χ3v) is 6.44. The maximum absolute atomic E-state index is 13.8. The third kappa shape index (κ3) is 4.13. The minimum atomic E-state index is -5.36. The van der Waals surface area contributed by atoms with Crippen molar-refractivity contribution in [3.05, 3.63) is 88.5 Å². The highest BCUT2D eigenvalue weighted by Gasteiger charge is 2.58. The van der Waals surface area contributed by atoms with E-state index in [1.165, 1.54) is 43.4 Å². The largest absolute Gasteiger partial charge is 0.491 e. The molecule has 2 N–H and O–H groups in total. The van der Waals surface area contributed by atoms with E-state index in [1.54, 1.807) is 32.0 Å². The molecule has 0 spiro atoms. The molecule has 1 aliphatic rings. The first-order valence-corrected chi connectivity index (χ1v) is 11.6. The van der Waals surface area contributed by atoms with Gasteiger partial charge >= 0.3 is 18.2 Å². The predicted octanol–water partition coefficient (Wildman–Crippen LogP) is 5.26. The number of alkyl halides is 3. The number of aryl methyl sites for hydroxylation is 2. The van der Waals surface area contributed by atoms with E-state index in [0.29, 0.717) is 5.52 Å². The van der Waals surface area contributed by atoms with Crippen molar-refractivity contribution in [2.45, 2.75) is 25.7 Å². The number of hydrogen-bond acceptors (Lipinski definition) is 5. The molecule has 0 bridgehead atoms. The van der Waals surface area contributed by atoms with Crippen molar-refractivity contribution in [1.29, 1.82) is 0 Å². The topological polar surface area (TPSA) is 116 Å². The Balaban J connectivity index is 1.83. The van der Waals surface area contributed by atoms with Gasteiger partial charge in [-0.05, 0) is 55.3 Å². The second-order valence-corrected chi connectivity index (χ2v) is 9.20. The number of H-pyrrole nitrogens is 1. The number of fused-ring (bicyclic) bond motifs is 2. The molecule has 9 nitrogen and oxygen atoms in total. The first-order valence-electron chi connectivity index (χ1n) is 11.6. The van der Waals surface area contributed by atoms with Crippen LogP contribution in [0.3, 0.4) is 0 Å². The SMILES string of the molecule is Cc1cc(C)cc(N2C(=O)c3ccccc3C2(OC(=O)C(F)(F)F)c2ccc3nc(N(C)C(=O)O)[nH]c3c2)c1. The van der Waals surface area contributed by atoms with E-state index >= 15 is 0 Å². The number of nitrogens with zero attached hydrogens (tertiary/aromatic N) is 3. The molecule has 1 unspecified atom stereocenters. The lowest BCUT2D eigenvalue weighted by atomic mass is 9.92. The molecule has 4 aromatic rings. The molecule has 1 aromatic heterocycles. The van der Waals surface area contributed by atoms with Crippen molar-refractivity contribution in [3.8, 4) is 0 Å². The molecule has 5 rings (SSSR count). The van der Waals surface area contributed by atoms with Crippen LogP contribution in [0.2, 0.25) is 0 Å². The van der Waals surface area contributed by atoms with Crippen LogP contribution in [-0.4, -0.2) is 46.3 Å². The number of carbonyl (C=O) groups is 3. The highest BCUT2D eigenvalue weighted by Crippen LogP contribution is 2.49. The molecule has 1 atom stereocenters. The molecular formula is C27H21F3N4O5. The summed E-state index contributed by atoms with van der Waals surface area (Å²) in [5.74, 6) is -3.19. The van der Waals surface area contributed by atoms with E-state index in [0.717, 1.165) is 20.9 Å². The maximum Gasteiger partial charge on any atom is 0.491 e. The van der Waals surface area contributed by atoms with Crippen LogP contribution in [0.15, 0.2) is 60.7 Å². The number of imidazole rings is 1. The molecular weight excluding hydrogens is 517 g/mol. The lowest BCUT2D eigenvalue weighted by Gasteiger charge is -2.39. The van der Waals surface area contributed by atoms with Crippen LogP contribution in [0.5, 0.6) is 0 Å². The molecule has 0 radical (unpaired) electrons. The number of aromatic amines is 1. The Morgan fingerprint density at radius 2 is 1.72 bits per heavy atom. The van der Waals surface area contributed by atoms with E-state index < -0.39 is 29.9 Å². The Hall–Kier alpha value is -4.87. The van der Waals surface area contributed by atoms with Gasteiger partial charge in [0.1, 0.15) is 0 Å². The van der Waals surface area contributed by atoms with Crippen LogP contribution in [0.4, 0.5) is 29.6 Å². The zero-order chi connectivity index (χ0) is 28.3. The number of anilines is 2. The Morgan fingerprint density at radius 1 is 1.05 bits per heavy atom. The van der Waals surface area contributed by atoms with Crippen LogP contribution < -0.4 is 9.80 Å². The van der Waals surface area contributed by atoms with Crippen LogP contribution >= 0.6 is 0 Å². The van der Waals surface area contributed by atoms with Gasteiger partial charge in [0.2, 0.25) is 11.7 Å². The predicted molar refractivity (Wildman–Crippen MR) is 135 cm³/mol. The summed E-state index contributed by atoms with van der Waals surface area (Å²) >= 11 is 0. The fraction of sp³-hybridized carbons (Fsp3) is 0.185. The summed E-state index contributed by atoms with van der Waals surface area (Å²) in [6.45, 7) is 3.54. The smallest absolute Gasteiger partial charge is 0.465 e. The fourth-order valence-electron chi connectivity index (χ4n) is 4.82. The minimum Gasteiger partial charge on any atom is -0.465 e. The van der Waals surface area contributed by atoms with Crippen LogP contribution in [0.25, 0.3) is 11.0 Å². The molecule has 1 aliphatic heterocycles. The van der Waals surface area contributed by atoms with Gasteiger partial charge < -0.3 is 14.8 Å². The standard InChI is InChI=1S/C27H21F3N4O5/c1-14-10-15(2)12-17(11-14)34-22(35)18-6-4-5-7-19(18)26(34,39-23(36)27(28,29)30)16-8-9-20-21(13-16)32-24(31-20)33(3)25(37)38/h4-13H,1-3H3,(H,31,32)(H,37,38). The van der Waals surface area contributed by atoms with Crippen molar-refractivity contribution >= 4 is 40.6 Å². The van der Waals surface area contributed by atoms with E-state index in [2.05, 4.69) is 9.97 Å². The fourth-order valence-corrected chi connectivity index (χ4v) is 4.82. The highest BCUT2D eigenvalue weighted by molar-refractivity contribution is 6.13. The van der Waals surface area contributed by atoms with Crippen molar-refractivity contribution in [2.75, 3.05) is 16.8 Å². The van der Waals surface area contributed by atoms with Gasteiger partial charge in [-0.3, -0.25) is 14.6 Å². The molecule has 2 amide bonds. The number of benzene rings is 3. The van der Waals surface area contributed by atoms with Gasteiger partial charge in [0.05, 0.1) is 11.0 Å². The number of hydrogen-bond donors (Lipinski definition) is 2. The summed E-state index contributed by atoms with van der Waals surface area (Å²) < 4.78 is 46.4. The summed E-state index contributed by atoms with van der Waals surface area (Å²) in [5, 5.41) is 9.31. The molecule has 200 valence electrons. The zero-order valence-electron chi connectivity index (χ0n) is 20.8. The average molecular weight is 538 g/mol. The quantitative estimate of drug-likeness (QED) is 0.343. The minimum absolute atomic E-state index is 0.0123. The van der Waals surface area contributed by atoms with Crippen molar-refractivity contribution < 1.29 is 37.4 Å². The van der Waals surface area contributed by atoms with Crippen molar-refractivity contribution in [2.24, 2.45) is 0 Å². The molecule has 2 heterocycles. The van der Waals surface area contributed by atoms with Crippen molar-refractivity contribution in [1.82, 2.24) is 9.97 Å². The number of aromatic nitrogens is 2. The number of esters is 1. The Labute approximate surface area is 219 Å². The molecule has 12 heteroatoms. The average Bonchev–Trinajstić information content (AvgIpc) is 3.39. The third-order valence-electron chi connectivity index (χ3n) is 6.44. The lowest BCUT2D eigenvalue weighted by molar-refractivity contribution is -0.211. The zero-order valence-corrected chi connectivity index (χ0v) is 20.8. The monoisotopic (exact) mass is 538 g/mol. The second-order valence-electron chi connectivity index (χ2n) is 9.20. The first kappa shape index (κ1) is 25.8. The van der Waals surface area contributed by atoms with E-state index in [1.807, 2.05) is 6.07 Å². The number of rotatable bonds is 4. The number of ether oxygens (including phenoxy) is 1. The Kier molecular flexibility index (Phi) is 5.85. The normalized spacial score (nSPS) is 16.9. The van der Waals surface area contributed by atoms with Gasteiger partial charge in [-0.25, -0.2) is 14.6 Å². The Morgan fingerprint density at radius 3 is 2.36 bits per heavy atom. The van der Waals surface area contributed by atoms with Gasteiger partial charge in [0, 0.05) is 29.4 Å². The van der Waals surface area contributed by atoms with Gasteiger partial charge in [-0.15, -0.1) is 0 Å². The molecule has 0 saturated carbocycles. The van der Waals surface area contributed by atoms with E-state index in [-0.39, 0.29) is 33.8 Å². The van der Waals surface area contributed by atoms with Crippen LogP contribution in [0, 0.1) is 13.8 Å². The number of halogens is 3. The summed E-state index contributed by atoms with van der Waals surface area (Å²) in [4.78, 5) is 46.6. The Bertz CT molecular complexity index is 1640. The van der Waals surface area contributed by atoms with Gasteiger partial charge in [-0.1, -0.05) is 30.3 Å². The molecule has 39 heavy (non-hydrogen) atoms. The number of amides is 2. The maximum atomic E-state index is 13.8. The summed E-state index contributed by atoms with van der Waals surface area (Å²) in [5.41, 5.74) is -0.0112. The van der Waals surface area contributed by atoms with Gasteiger partial charge in [0.15, 0.2) is 0 Å². The van der Waals surface area contributed by atoms with E-state index in [4.69, 9.17) is 4.74 Å². The number of carbonyl (C=O) groups excluding carboxylic acids is 2. The van der Waals surface area contributed by atoms with Crippen molar-refractivity contribution in [3.63, 3.8) is 0 Å². The van der Waals surface area contributed by atoms with Gasteiger partial charge in [-0.2, -0.15) is 13.2 Å². The highest BCUT2D eigenvalue weighted by atomic mass is 19.4. The van der Waals surface area contributed by atoms with Crippen LogP contribution in [-0.2, 0) is 15.3 Å². The summed E-state index contributed by atoms with van der Waals surface area (Å²) in [6.07, 6.45) is -6.65. The molecule has 0 aliphatic carbocycles. The summed E-state index contributed by atoms with van der Waals surface area (Å²) in [6, 6.07) is 15.2. The molecule has 3 aromatic carbocycles. The van der Waals surface area contributed by atoms with Crippen LogP contribution in [0.1, 0.15) is 32.6 Å².